The highest BCUT2D eigenvalue weighted by atomic mass is 16.7. The van der Waals surface area contributed by atoms with Crippen LogP contribution in [0, 0.1) is 0 Å². The SMILES string of the molecule is COCOCc1cccc(CO)c1. The van der Waals surface area contributed by atoms with Crippen molar-refractivity contribution in [3.8, 4) is 0 Å². The van der Waals surface area contributed by atoms with Gasteiger partial charge in [0.2, 0.25) is 0 Å². The molecule has 0 unspecified atom stereocenters. The molecule has 1 aromatic carbocycles. The molecule has 3 heteroatoms. The van der Waals surface area contributed by atoms with Crippen LogP contribution >= 0.6 is 0 Å². The van der Waals surface area contributed by atoms with Gasteiger partial charge in [0.15, 0.2) is 0 Å². The Labute approximate surface area is 77.9 Å². The van der Waals surface area contributed by atoms with E-state index in [1.807, 2.05) is 24.3 Å². The summed E-state index contributed by atoms with van der Waals surface area (Å²) in [6.07, 6.45) is 0. The summed E-state index contributed by atoms with van der Waals surface area (Å²) in [6, 6.07) is 7.64. The standard InChI is InChI=1S/C10H14O3/c1-12-8-13-7-10-4-2-3-9(5-10)6-11/h2-5,11H,6-8H2,1H3. The van der Waals surface area contributed by atoms with Crippen LogP contribution in [0.15, 0.2) is 24.3 Å². The van der Waals surface area contributed by atoms with Crippen molar-refractivity contribution in [1.82, 2.24) is 0 Å². The highest BCUT2D eigenvalue weighted by Gasteiger charge is 1.94. The summed E-state index contributed by atoms with van der Waals surface area (Å²) < 4.78 is 9.91. The maximum absolute atomic E-state index is 8.87. The minimum atomic E-state index is 0.0676. The molecule has 0 radical (unpaired) electrons. The van der Waals surface area contributed by atoms with E-state index in [1.165, 1.54) is 0 Å². The molecule has 0 aliphatic carbocycles. The number of methoxy groups -OCH3 is 1. The highest BCUT2D eigenvalue weighted by Crippen LogP contribution is 2.06. The van der Waals surface area contributed by atoms with Crippen molar-refractivity contribution in [2.24, 2.45) is 0 Å². The van der Waals surface area contributed by atoms with Crippen LogP contribution in [0.4, 0.5) is 0 Å². The van der Waals surface area contributed by atoms with Crippen molar-refractivity contribution in [2.45, 2.75) is 13.2 Å². The Hall–Kier alpha value is -0.900. The van der Waals surface area contributed by atoms with Crippen LogP contribution in [0.2, 0.25) is 0 Å². The molecule has 72 valence electrons. The average Bonchev–Trinajstić information content (AvgIpc) is 2.19. The van der Waals surface area contributed by atoms with E-state index >= 15 is 0 Å². The summed E-state index contributed by atoms with van der Waals surface area (Å²) in [5, 5.41) is 8.87. The predicted molar refractivity (Wildman–Crippen MR) is 49.0 cm³/mol. The lowest BCUT2D eigenvalue weighted by atomic mass is 10.1. The number of aliphatic hydroxyl groups excluding tert-OH is 1. The van der Waals surface area contributed by atoms with E-state index < -0.39 is 0 Å². The molecule has 0 aromatic heterocycles. The lowest BCUT2D eigenvalue weighted by molar-refractivity contribution is -0.0390. The van der Waals surface area contributed by atoms with Gasteiger partial charge in [-0.2, -0.15) is 0 Å². The maximum Gasteiger partial charge on any atom is 0.146 e. The van der Waals surface area contributed by atoms with Gasteiger partial charge in [-0.15, -0.1) is 0 Å². The second kappa shape index (κ2) is 5.70. The molecule has 0 aliphatic rings. The number of hydrogen-bond donors (Lipinski definition) is 1. The second-order valence-corrected chi connectivity index (χ2v) is 2.73. The van der Waals surface area contributed by atoms with Crippen molar-refractivity contribution in [1.29, 1.82) is 0 Å². The van der Waals surface area contributed by atoms with Gasteiger partial charge < -0.3 is 14.6 Å². The lowest BCUT2D eigenvalue weighted by Gasteiger charge is -2.04. The molecular formula is C10H14O3. The number of ether oxygens (including phenoxy) is 2. The van der Waals surface area contributed by atoms with Gasteiger partial charge in [-0.3, -0.25) is 0 Å². The van der Waals surface area contributed by atoms with Crippen LogP contribution in [-0.2, 0) is 22.7 Å². The van der Waals surface area contributed by atoms with Crippen LogP contribution in [0.25, 0.3) is 0 Å². The van der Waals surface area contributed by atoms with Gasteiger partial charge in [-0.1, -0.05) is 24.3 Å². The third-order valence-electron chi connectivity index (χ3n) is 1.64. The molecule has 0 heterocycles. The molecular weight excluding hydrogens is 168 g/mol. The van der Waals surface area contributed by atoms with Crippen LogP contribution in [0.3, 0.4) is 0 Å². The predicted octanol–water partition coefficient (Wildman–Crippen LogP) is 1.30. The van der Waals surface area contributed by atoms with Crippen molar-refractivity contribution >= 4 is 0 Å². The van der Waals surface area contributed by atoms with E-state index in [4.69, 9.17) is 14.6 Å². The fourth-order valence-electron chi connectivity index (χ4n) is 1.06. The van der Waals surface area contributed by atoms with Crippen molar-refractivity contribution in [2.75, 3.05) is 13.9 Å². The van der Waals surface area contributed by atoms with Gasteiger partial charge in [-0.25, -0.2) is 0 Å². The zero-order valence-corrected chi connectivity index (χ0v) is 7.69. The van der Waals surface area contributed by atoms with Gasteiger partial charge in [0.25, 0.3) is 0 Å². The minimum absolute atomic E-state index is 0.0676. The van der Waals surface area contributed by atoms with Gasteiger partial charge in [0.05, 0.1) is 13.2 Å². The summed E-state index contributed by atoms with van der Waals surface area (Å²) in [6.45, 7) is 0.878. The van der Waals surface area contributed by atoms with Gasteiger partial charge in [-0.05, 0) is 11.1 Å². The molecule has 0 bridgehead atoms. The Morgan fingerprint density at radius 1 is 1.31 bits per heavy atom. The first-order chi connectivity index (χ1) is 6.36. The fraction of sp³-hybridized carbons (Fsp3) is 0.400. The summed E-state index contributed by atoms with van der Waals surface area (Å²) in [5.74, 6) is 0. The van der Waals surface area contributed by atoms with Crippen LogP contribution in [0.5, 0.6) is 0 Å². The fourth-order valence-corrected chi connectivity index (χ4v) is 1.06. The zero-order chi connectivity index (χ0) is 9.52. The van der Waals surface area contributed by atoms with E-state index in [0.717, 1.165) is 11.1 Å². The van der Waals surface area contributed by atoms with E-state index in [9.17, 15) is 0 Å². The Kier molecular flexibility index (Phi) is 4.46. The third kappa shape index (κ3) is 3.55. The van der Waals surface area contributed by atoms with Crippen molar-refractivity contribution in [3.05, 3.63) is 35.4 Å². The number of rotatable bonds is 5. The first kappa shape index (κ1) is 10.2. The number of aliphatic hydroxyl groups is 1. The minimum Gasteiger partial charge on any atom is -0.392 e. The Morgan fingerprint density at radius 3 is 2.77 bits per heavy atom. The Morgan fingerprint density at radius 2 is 2.08 bits per heavy atom. The topological polar surface area (TPSA) is 38.7 Å². The quantitative estimate of drug-likeness (QED) is 0.551. The molecule has 0 fully saturated rings. The second-order valence-electron chi connectivity index (χ2n) is 2.73. The van der Waals surface area contributed by atoms with Gasteiger partial charge >= 0.3 is 0 Å². The lowest BCUT2D eigenvalue weighted by Crippen LogP contribution is -1.97. The van der Waals surface area contributed by atoms with Crippen molar-refractivity contribution < 1.29 is 14.6 Å². The molecule has 0 saturated heterocycles. The molecule has 0 spiro atoms. The summed E-state index contributed by atoms with van der Waals surface area (Å²) in [7, 11) is 1.59. The average molecular weight is 182 g/mol. The Balaban J connectivity index is 2.46. The normalized spacial score (nSPS) is 10.3. The first-order valence-corrected chi connectivity index (χ1v) is 4.12. The molecule has 0 saturated carbocycles. The van der Waals surface area contributed by atoms with E-state index in [1.54, 1.807) is 7.11 Å². The molecule has 0 amide bonds. The van der Waals surface area contributed by atoms with E-state index in [2.05, 4.69) is 0 Å². The van der Waals surface area contributed by atoms with Crippen LogP contribution in [0.1, 0.15) is 11.1 Å². The monoisotopic (exact) mass is 182 g/mol. The summed E-state index contributed by atoms with van der Waals surface area (Å²) in [5.41, 5.74) is 1.95. The molecule has 13 heavy (non-hydrogen) atoms. The van der Waals surface area contributed by atoms with Crippen LogP contribution < -0.4 is 0 Å². The molecule has 1 rings (SSSR count). The highest BCUT2D eigenvalue weighted by molar-refractivity contribution is 5.22. The number of benzene rings is 1. The first-order valence-electron chi connectivity index (χ1n) is 4.12. The summed E-state index contributed by atoms with van der Waals surface area (Å²) in [4.78, 5) is 0. The molecule has 3 nitrogen and oxygen atoms in total. The Bertz CT molecular complexity index is 248. The molecule has 0 atom stereocenters. The largest absolute Gasteiger partial charge is 0.392 e. The zero-order valence-electron chi connectivity index (χ0n) is 7.69. The van der Waals surface area contributed by atoms with Gasteiger partial charge in [0, 0.05) is 7.11 Å². The van der Waals surface area contributed by atoms with Gasteiger partial charge in [0.1, 0.15) is 6.79 Å². The molecule has 1 aromatic rings. The maximum atomic E-state index is 8.87. The number of hydrogen-bond acceptors (Lipinski definition) is 3. The molecule has 1 N–H and O–H groups in total. The molecule has 0 aliphatic heterocycles. The van der Waals surface area contributed by atoms with Crippen molar-refractivity contribution in [3.63, 3.8) is 0 Å². The summed E-state index contributed by atoms with van der Waals surface area (Å²) >= 11 is 0. The van der Waals surface area contributed by atoms with Crippen LogP contribution in [-0.4, -0.2) is 19.0 Å². The van der Waals surface area contributed by atoms with E-state index in [0.29, 0.717) is 13.4 Å². The third-order valence-corrected chi connectivity index (χ3v) is 1.64. The smallest absolute Gasteiger partial charge is 0.146 e. The van der Waals surface area contributed by atoms with E-state index in [-0.39, 0.29) is 6.61 Å².